The highest BCUT2D eigenvalue weighted by Crippen LogP contribution is 2.36. The molecule has 1 N–H and O–H groups in total. The molecular formula is C20H18ClN3O3. The Balaban J connectivity index is 1.68. The Morgan fingerprint density at radius 1 is 1.19 bits per heavy atom. The first-order valence-corrected chi connectivity index (χ1v) is 8.47. The van der Waals surface area contributed by atoms with Crippen LogP contribution < -0.4 is 14.8 Å². The van der Waals surface area contributed by atoms with E-state index in [1.807, 2.05) is 35.0 Å². The lowest BCUT2D eigenvalue weighted by atomic mass is 10.2. The van der Waals surface area contributed by atoms with E-state index in [4.69, 9.17) is 21.1 Å². The number of hydrogen-bond donors (Lipinski definition) is 1. The lowest BCUT2D eigenvalue weighted by Crippen LogP contribution is -2.07. The molecule has 1 heterocycles. The van der Waals surface area contributed by atoms with Crippen molar-refractivity contribution in [1.29, 1.82) is 0 Å². The predicted molar refractivity (Wildman–Crippen MR) is 106 cm³/mol. The zero-order valence-corrected chi connectivity index (χ0v) is 15.6. The van der Waals surface area contributed by atoms with E-state index in [0.29, 0.717) is 22.2 Å². The van der Waals surface area contributed by atoms with Crippen LogP contribution in [0.25, 0.3) is 11.8 Å². The predicted octanol–water partition coefficient (Wildman–Crippen LogP) is 4.19. The van der Waals surface area contributed by atoms with E-state index in [0.717, 1.165) is 11.3 Å². The molecule has 3 rings (SSSR count). The second kappa shape index (κ2) is 8.42. The fourth-order valence-electron chi connectivity index (χ4n) is 2.52. The maximum Gasteiger partial charge on any atom is 0.248 e. The highest BCUT2D eigenvalue weighted by molar-refractivity contribution is 6.32. The van der Waals surface area contributed by atoms with Gasteiger partial charge in [-0.25, -0.2) is 4.98 Å². The molecule has 1 aromatic heterocycles. The third-order valence-electron chi connectivity index (χ3n) is 3.82. The van der Waals surface area contributed by atoms with Crippen LogP contribution in [-0.2, 0) is 4.79 Å². The van der Waals surface area contributed by atoms with E-state index < -0.39 is 0 Å². The normalized spacial score (nSPS) is 10.8. The maximum atomic E-state index is 12.2. The van der Waals surface area contributed by atoms with Crippen LogP contribution in [0.5, 0.6) is 11.5 Å². The topological polar surface area (TPSA) is 65.4 Å². The first-order valence-electron chi connectivity index (χ1n) is 8.09. The van der Waals surface area contributed by atoms with Gasteiger partial charge < -0.3 is 19.4 Å². The minimum absolute atomic E-state index is 0.253. The van der Waals surface area contributed by atoms with Gasteiger partial charge in [0.25, 0.3) is 0 Å². The first kappa shape index (κ1) is 18.5. The van der Waals surface area contributed by atoms with Crippen LogP contribution in [0.3, 0.4) is 0 Å². The Kier molecular flexibility index (Phi) is 5.78. The Bertz CT molecular complexity index is 951. The van der Waals surface area contributed by atoms with E-state index in [9.17, 15) is 4.79 Å². The van der Waals surface area contributed by atoms with Gasteiger partial charge in [-0.3, -0.25) is 4.79 Å². The van der Waals surface area contributed by atoms with E-state index in [1.54, 1.807) is 30.7 Å². The number of methoxy groups -OCH3 is 2. The molecule has 0 aliphatic carbocycles. The molecule has 7 heteroatoms. The van der Waals surface area contributed by atoms with Gasteiger partial charge in [0.2, 0.25) is 5.91 Å². The monoisotopic (exact) mass is 383 g/mol. The Labute approximate surface area is 162 Å². The number of carbonyl (C=O) groups excluding carboxylic acids is 1. The lowest BCUT2D eigenvalue weighted by Gasteiger charge is -2.10. The van der Waals surface area contributed by atoms with Crippen molar-refractivity contribution in [2.45, 2.75) is 0 Å². The van der Waals surface area contributed by atoms with Gasteiger partial charge in [-0.15, -0.1) is 0 Å². The largest absolute Gasteiger partial charge is 0.493 e. The van der Waals surface area contributed by atoms with Crippen molar-refractivity contribution in [3.8, 4) is 17.2 Å². The van der Waals surface area contributed by atoms with Gasteiger partial charge in [0.1, 0.15) is 0 Å². The molecule has 0 spiro atoms. The number of rotatable bonds is 6. The first-order chi connectivity index (χ1) is 13.1. The summed E-state index contributed by atoms with van der Waals surface area (Å²) in [6, 6.07) is 10.9. The van der Waals surface area contributed by atoms with Crippen LogP contribution >= 0.6 is 11.6 Å². The van der Waals surface area contributed by atoms with Crippen LogP contribution in [0, 0.1) is 0 Å². The Morgan fingerprint density at radius 3 is 2.59 bits per heavy atom. The van der Waals surface area contributed by atoms with Gasteiger partial charge in [0, 0.05) is 29.8 Å². The van der Waals surface area contributed by atoms with Crippen LogP contribution in [-0.4, -0.2) is 29.7 Å². The van der Waals surface area contributed by atoms with Crippen LogP contribution in [0.2, 0.25) is 5.02 Å². The van der Waals surface area contributed by atoms with Crippen molar-refractivity contribution < 1.29 is 14.3 Å². The summed E-state index contributed by atoms with van der Waals surface area (Å²) in [6.07, 6.45) is 8.36. The molecule has 0 aliphatic heterocycles. The summed E-state index contributed by atoms with van der Waals surface area (Å²) >= 11 is 6.17. The molecule has 0 radical (unpaired) electrons. The number of amides is 1. The van der Waals surface area contributed by atoms with Gasteiger partial charge in [0.15, 0.2) is 11.5 Å². The molecule has 0 saturated carbocycles. The minimum atomic E-state index is -0.253. The van der Waals surface area contributed by atoms with Crippen LogP contribution in [0.15, 0.2) is 61.2 Å². The molecule has 0 bridgehead atoms. The highest BCUT2D eigenvalue weighted by Gasteiger charge is 2.10. The number of nitrogens with zero attached hydrogens (tertiary/aromatic N) is 2. The third kappa shape index (κ3) is 4.48. The molecule has 3 aromatic rings. The van der Waals surface area contributed by atoms with Crippen molar-refractivity contribution in [2.75, 3.05) is 19.5 Å². The van der Waals surface area contributed by atoms with E-state index in [1.165, 1.54) is 20.3 Å². The second-order valence-electron chi connectivity index (χ2n) is 5.58. The number of imidazole rings is 1. The number of carbonyl (C=O) groups is 1. The SMILES string of the molecule is COc1cc(/C=C/C(=O)Nc2ccc(-n3ccnc3)cc2)cc(Cl)c1OC. The molecule has 0 aliphatic rings. The average molecular weight is 384 g/mol. The molecule has 0 fully saturated rings. The fraction of sp³-hybridized carbons (Fsp3) is 0.100. The molecule has 1 amide bonds. The van der Waals surface area contributed by atoms with E-state index in [2.05, 4.69) is 10.3 Å². The number of nitrogens with one attached hydrogen (secondary N) is 1. The summed E-state index contributed by atoms with van der Waals surface area (Å²) < 4.78 is 12.3. The molecule has 0 atom stereocenters. The summed E-state index contributed by atoms with van der Waals surface area (Å²) in [5, 5.41) is 3.22. The summed E-state index contributed by atoms with van der Waals surface area (Å²) in [4.78, 5) is 16.2. The summed E-state index contributed by atoms with van der Waals surface area (Å²) in [6.45, 7) is 0. The summed E-state index contributed by atoms with van der Waals surface area (Å²) in [7, 11) is 3.05. The van der Waals surface area contributed by atoms with Crippen molar-refractivity contribution in [3.63, 3.8) is 0 Å². The number of aromatic nitrogens is 2. The smallest absolute Gasteiger partial charge is 0.248 e. The van der Waals surface area contributed by atoms with Gasteiger partial charge in [-0.1, -0.05) is 11.6 Å². The Morgan fingerprint density at radius 2 is 1.96 bits per heavy atom. The zero-order valence-electron chi connectivity index (χ0n) is 14.8. The zero-order chi connectivity index (χ0) is 19.2. The van der Waals surface area contributed by atoms with Gasteiger partial charge in [-0.2, -0.15) is 0 Å². The highest BCUT2D eigenvalue weighted by atomic mass is 35.5. The van der Waals surface area contributed by atoms with Crippen molar-refractivity contribution in [2.24, 2.45) is 0 Å². The summed E-state index contributed by atoms with van der Waals surface area (Å²) in [5.74, 6) is 0.704. The molecule has 0 unspecified atom stereocenters. The third-order valence-corrected chi connectivity index (χ3v) is 4.10. The molecule has 2 aromatic carbocycles. The molecular weight excluding hydrogens is 366 g/mol. The average Bonchev–Trinajstić information content (AvgIpc) is 3.21. The molecule has 6 nitrogen and oxygen atoms in total. The maximum absolute atomic E-state index is 12.2. The molecule has 27 heavy (non-hydrogen) atoms. The standard InChI is InChI=1S/C20H18ClN3O3/c1-26-18-12-14(11-17(21)20(18)27-2)3-8-19(25)23-15-4-6-16(7-5-15)24-10-9-22-13-24/h3-13H,1-2H3,(H,23,25)/b8-3+. The number of benzene rings is 2. The second-order valence-corrected chi connectivity index (χ2v) is 5.98. The van der Waals surface area contributed by atoms with Crippen LogP contribution in [0.1, 0.15) is 5.56 Å². The van der Waals surface area contributed by atoms with Crippen molar-refractivity contribution in [3.05, 3.63) is 71.8 Å². The van der Waals surface area contributed by atoms with E-state index in [-0.39, 0.29) is 5.91 Å². The van der Waals surface area contributed by atoms with Crippen molar-refractivity contribution in [1.82, 2.24) is 9.55 Å². The number of halogens is 1. The number of anilines is 1. The van der Waals surface area contributed by atoms with Crippen LogP contribution in [0.4, 0.5) is 5.69 Å². The van der Waals surface area contributed by atoms with Gasteiger partial charge >= 0.3 is 0 Å². The Hall–Kier alpha value is -3.25. The van der Waals surface area contributed by atoms with Gasteiger partial charge in [-0.05, 0) is 48.0 Å². The quantitative estimate of drug-likeness (QED) is 0.648. The lowest BCUT2D eigenvalue weighted by molar-refractivity contribution is -0.111. The van der Waals surface area contributed by atoms with E-state index >= 15 is 0 Å². The number of hydrogen-bond acceptors (Lipinski definition) is 4. The molecule has 0 saturated heterocycles. The molecule has 138 valence electrons. The summed E-state index contributed by atoms with van der Waals surface area (Å²) in [5.41, 5.74) is 2.38. The number of ether oxygens (including phenoxy) is 2. The van der Waals surface area contributed by atoms with Crippen molar-refractivity contribution >= 4 is 29.3 Å². The minimum Gasteiger partial charge on any atom is -0.493 e. The van der Waals surface area contributed by atoms with Gasteiger partial charge in [0.05, 0.1) is 25.6 Å². The fourth-order valence-corrected chi connectivity index (χ4v) is 2.81.